The first kappa shape index (κ1) is 15.6. The minimum absolute atomic E-state index is 0.416. The van der Waals surface area contributed by atoms with Gasteiger partial charge in [-0.15, -0.1) is 0 Å². The van der Waals surface area contributed by atoms with Crippen molar-refractivity contribution >= 4 is 16.6 Å². The number of aryl methyl sites for hydroxylation is 1. The highest BCUT2D eigenvalue weighted by Gasteiger charge is 2.22. The van der Waals surface area contributed by atoms with E-state index in [1.807, 2.05) is 18.2 Å². The normalized spacial score (nSPS) is 16.2. The average molecular weight is 331 g/mol. The van der Waals surface area contributed by atoms with Crippen LogP contribution in [0.3, 0.4) is 0 Å². The molecule has 4 nitrogen and oxygen atoms in total. The second-order valence-corrected chi connectivity index (χ2v) is 6.61. The third-order valence-electron chi connectivity index (χ3n) is 5.00. The van der Waals surface area contributed by atoms with Gasteiger partial charge in [-0.3, -0.25) is 0 Å². The fourth-order valence-corrected chi connectivity index (χ4v) is 3.69. The van der Waals surface area contributed by atoms with Crippen LogP contribution in [-0.2, 0) is 19.3 Å². The molecule has 25 heavy (non-hydrogen) atoms. The number of hydrogen-bond acceptors (Lipinski definition) is 3. The largest absolute Gasteiger partial charge is 0.497 e. The number of aromatic nitrogens is 1. The Kier molecular flexibility index (Phi) is 4.07. The first-order valence-electron chi connectivity index (χ1n) is 8.66. The van der Waals surface area contributed by atoms with Gasteiger partial charge in [0.2, 0.25) is 0 Å². The molecule has 3 aromatic rings. The highest BCUT2D eigenvalue weighted by Crippen LogP contribution is 2.32. The molecule has 4 rings (SSSR count). The molecule has 1 aromatic heterocycles. The second-order valence-electron chi connectivity index (χ2n) is 6.61. The van der Waals surface area contributed by atoms with Gasteiger partial charge in [0.05, 0.1) is 19.6 Å². The van der Waals surface area contributed by atoms with Crippen molar-refractivity contribution in [1.29, 1.82) is 5.26 Å². The van der Waals surface area contributed by atoms with Crippen LogP contribution in [-0.4, -0.2) is 18.1 Å². The summed E-state index contributed by atoms with van der Waals surface area (Å²) in [6.45, 7) is 0. The van der Waals surface area contributed by atoms with Crippen LogP contribution in [0.1, 0.15) is 23.2 Å². The SMILES string of the molecule is COc1ccc2[nH]c3c(c2c1)CC(Nc1ccc(CC#N)cc1)CC3. The first-order chi connectivity index (χ1) is 12.3. The molecule has 0 aliphatic heterocycles. The van der Waals surface area contributed by atoms with Gasteiger partial charge in [0, 0.05) is 28.3 Å². The predicted octanol–water partition coefficient (Wildman–Crippen LogP) is 4.21. The number of nitriles is 1. The van der Waals surface area contributed by atoms with Crippen LogP contribution < -0.4 is 10.1 Å². The molecule has 4 heteroatoms. The maximum Gasteiger partial charge on any atom is 0.119 e. The molecule has 0 saturated carbocycles. The standard InChI is InChI=1S/C21H21N3O/c1-25-17-7-9-21-19(13-17)18-12-16(6-8-20(18)24-21)23-15-4-2-14(3-5-15)10-11-22/h2-5,7,9,13,16,23-24H,6,8,10,12H2,1H3. The Hall–Kier alpha value is -2.93. The second kappa shape index (κ2) is 6.52. The molecule has 0 fully saturated rings. The molecular formula is C21H21N3O. The molecular weight excluding hydrogens is 310 g/mol. The van der Waals surface area contributed by atoms with Crippen molar-refractivity contribution in [2.45, 2.75) is 31.7 Å². The minimum atomic E-state index is 0.416. The van der Waals surface area contributed by atoms with Gasteiger partial charge in [-0.2, -0.15) is 5.26 Å². The Morgan fingerprint density at radius 2 is 2.08 bits per heavy atom. The molecule has 1 unspecified atom stereocenters. The molecule has 0 bridgehead atoms. The number of benzene rings is 2. The van der Waals surface area contributed by atoms with Crippen LogP contribution in [0.15, 0.2) is 42.5 Å². The van der Waals surface area contributed by atoms with Crippen molar-refractivity contribution in [1.82, 2.24) is 4.98 Å². The summed E-state index contributed by atoms with van der Waals surface area (Å²) in [6.07, 6.45) is 3.63. The summed E-state index contributed by atoms with van der Waals surface area (Å²) in [5.41, 5.74) is 6.12. The zero-order valence-electron chi connectivity index (χ0n) is 14.3. The van der Waals surface area contributed by atoms with E-state index in [0.29, 0.717) is 12.5 Å². The molecule has 2 N–H and O–H groups in total. The molecule has 1 aliphatic carbocycles. The Morgan fingerprint density at radius 1 is 1.24 bits per heavy atom. The number of rotatable bonds is 4. The summed E-state index contributed by atoms with van der Waals surface area (Å²) in [4.78, 5) is 3.56. The summed E-state index contributed by atoms with van der Waals surface area (Å²) in [7, 11) is 1.71. The van der Waals surface area contributed by atoms with E-state index in [1.165, 1.54) is 22.2 Å². The summed E-state index contributed by atoms with van der Waals surface area (Å²) >= 11 is 0. The van der Waals surface area contributed by atoms with E-state index in [-0.39, 0.29) is 0 Å². The van der Waals surface area contributed by atoms with E-state index in [0.717, 1.165) is 36.3 Å². The number of H-pyrrole nitrogens is 1. The zero-order chi connectivity index (χ0) is 17.2. The molecule has 1 atom stereocenters. The van der Waals surface area contributed by atoms with E-state index in [1.54, 1.807) is 7.11 Å². The lowest BCUT2D eigenvalue weighted by Gasteiger charge is -2.24. The predicted molar refractivity (Wildman–Crippen MR) is 100 cm³/mol. The summed E-state index contributed by atoms with van der Waals surface area (Å²) in [5, 5.41) is 13.7. The van der Waals surface area contributed by atoms with Gasteiger partial charge in [0.1, 0.15) is 5.75 Å². The van der Waals surface area contributed by atoms with Crippen molar-refractivity contribution in [2.24, 2.45) is 0 Å². The molecule has 1 heterocycles. The molecule has 0 saturated heterocycles. The number of hydrogen-bond donors (Lipinski definition) is 2. The van der Waals surface area contributed by atoms with Gasteiger partial charge in [-0.1, -0.05) is 12.1 Å². The minimum Gasteiger partial charge on any atom is -0.497 e. The number of anilines is 1. The van der Waals surface area contributed by atoms with Crippen molar-refractivity contribution < 1.29 is 4.74 Å². The van der Waals surface area contributed by atoms with Gasteiger partial charge in [-0.25, -0.2) is 0 Å². The van der Waals surface area contributed by atoms with Gasteiger partial charge in [-0.05, 0) is 60.7 Å². The third-order valence-corrected chi connectivity index (χ3v) is 5.00. The van der Waals surface area contributed by atoms with Crippen LogP contribution in [0.25, 0.3) is 10.9 Å². The Labute approximate surface area is 147 Å². The summed E-state index contributed by atoms with van der Waals surface area (Å²) < 4.78 is 5.38. The number of aromatic amines is 1. The molecule has 0 amide bonds. The van der Waals surface area contributed by atoms with Gasteiger partial charge < -0.3 is 15.0 Å². The first-order valence-corrected chi connectivity index (χ1v) is 8.66. The highest BCUT2D eigenvalue weighted by atomic mass is 16.5. The van der Waals surface area contributed by atoms with Crippen molar-refractivity contribution in [3.05, 3.63) is 59.3 Å². The highest BCUT2D eigenvalue weighted by molar-refractivity contribution is 5.86. The zero-order valence-corrected chi connectivity index (χ0v) is 14.3. The lowest BCUT2D eigenvalue weighted by molar-refractivity contribution is 0.415. The number of ether oxygens (including phenoxy) is 1. The fraction of sp³-hybridized carbons (Fsp3) is 0.286. The van der Waals surface area contributed by atoms with E-state index in [9.17, 15) is 0 Å². The van der Waals surface area contributed by atoms with E-state index >= 15 is 0 Å². The average Bonchev–Trinajstić information content (AvgIpc) is 3.01. The van der Waals surface area contributed by atoms with E-state index in [4.69, 9.17) is 10.00 Å². The van der Waals surface area contributed by atoms with Crippen LogP contribution >= 0.6 is 0 Å². The van der Waals surface area contributed by atoms with E-state index in [2.05, 4.69) is 40.6 Å². The number of methoxy groups -OCH3 is 1. The van der Waals surface area contributed by atoms with E-state index < -0.39 is 0 Å². The topological polar surface area (TPSA) is 60.8 Å². The van der Waals surface area contributed by atoms with Crippen LogP contribution in [0.2, 0.25) is 0 Å². The molecule has 126 valence electrons. The molecule has 0 spiro atoms. The Balaban J connectivity index is 1.54. The lowest BCUT2D eigenvalue weighted by atomic mass is 9.91. The smallest absolute Gasteiger partial charge is 0.119 e. The molecule has 2 aromatic carbocycles. The summed E-state index contributed by atoms with van der Waals surface area (Å²) in [5.74, 6) is 0.900. The monoisotopic (exact) mass is 331 g/mol. The van der Waals surface area contributed by atoms with Gasteiger partial charge in [0.25, 0.3) is 0 Å². The molecule has 1 aliphatic rings. The maximum atomic E-state index is 8.77. The Morgan fingerprint density at radius 3 is 2.84 bits per heavy atom. The fourth-order valence-electron chi connectivity index (χ4n) is 3.69. The van der Waals surface area contributed by atoms with Crippen LogP contribution in [0, 0.1) is 11.3 Å². The van der Waals surface area contributed by atoms with Gasteiger partial charge >= 0.3 is 0 Å². The number of nitrogens with zero attached hydrogens (tertiary/aromatic N) is 1. The maximum absolute atomic E-state index is 8.77. The summed E-state index contributed by atoms with van der Waals surface area (Å²) in [6, 6.07) is 17.0. The lowest BCUT2D eigenvalue weighted by Crippen LogP contribution is -2.27. The Bertz CT molecular complexity index is 934. The molecule has 0 radical (unpaired) electrons. The number of fused-ring (bicyclic) bond motifs is 3. The number of nitrogens with one attached hydrogen (secondary N) is 2. The van der Waals surface area contributed by atoms with Crippen LogP contribution in [0.5, 0.6) is 5.75 Å². The quantitative estimate of drug-likeness (QED) is 0.753. The third kappa shape index (κ3) is 3.06. The van der Waals surface area contributed by atoms with Gasteiger partial charge in [0.15, 0.2) is 0 Å². The van der Waals surface area contributed by atoms with Crippen molar-refractivity contribution in [3.63, 3.8) is 0 Å². The van der Waals surface area contributed by atoms with Crippen LogP contribution in [0.4, 0.5) is 5.69 Å². The van der Waals surface area contributed by atoms with Crippen molar-refractivity contribution in [3.8, 4) is 11.8 Å². The van der Waals surface area contributed by atoms with Crippen molar-refractivity contribution in [2.75, 3.05) is 12.4 Å².